The normalized spacial score (nSPS) is 11.0. The number of Topliss-reactive ketones (excluding diaryl/α,β-unsaturated/α-hetero) is 1. The van der Waals surface area contributed by atoms with Gasteiger partial charge in [-0.05, 0) is 35.9 Å². The number of methoxy groups -OCH3 is 1. The van der Waals surface area contributed by atoms with Crippen molar-refractivity contribution in [1.82, 2.24) is 9.78 Å². The Bertz CT molecular complexity index is 964. The molecule has 5 heteroatoms. The van der Waals surface area contributed by atoms with Crippen LogP contribution < -0.4 is 4.74 Å². The summed E-state index contributed by atoms with van der Waals surface area (Å²) in [5.41, 5.74) is 2.34. The maximum atomic E-state index is 12.5. The molecule has 1 aromatic heterocycles. The highest BCUT2D eigenvalue weighted by Gasteiger charge is 2.12. The predicted octanol–water partition coefficient (Wildman–Crippen LogP) is 3.73. The summed E-state index contributed by atoms with van der Waals surface area (Å²) in [4.78, 5) is 12.5. The average molecular weight is 343 g/mol. The Kier molecular flexibility index (Phi) is 5.25. The fourth-order valence-corrected chi connectivity index (χ4v) is 2.52. The Morgan fingerprint density at radius 1 is 1.19 bits per heavy atom. The van der Waals surface area contributed by atoms with Crippen LogP contribution in [0.25, 0.3) is 6.08 Å². The van der Waals surface area contributed by atoms with Crippen LogP contribution in [0.4, 0.5) is 0 Å². The fraction of sp³-hybridized carbons (Fsp3) is 0.0952. The lowest BCUT2D eigenvalue weighted by atomic mass is 10.0. The largest absolute Gasteiger partial charge is 0.497 e. The molecule has 3 rings (SSSR count). The molecule has 128 valence electrons. The molecule has 0 N–H and O–H groups in total. The van der Waals surface area contributed by atoms with E-state index in [1.165, 1.54) is 0 Å². The fourth-order valence-electron chi connectivity index (χ4n) is 2.52. The first-order chi connectivity index (χ1) is 12.7. The molecule has 26 heavy (non-hydrogen) atoms. The second-order valence-corrected chi connectivity index (χ2v) is 5.68. The Hall–Kier alpha value is -3.65. The molecule has 0 saturated heterocycles. The van der Waals surface area contributed by atoms with Crippen molar-refractivity contribution in [2.75, 3.05) is 7.11 Å². The second kappa shape index (κ2) is 7.95. The number of hydrogen-bond acceptors (Lipinski definition) is 4. The Morgan fingerprint density at radius 3 is 2.58 bits per heavy atom. The van der Waals surface area contributed by atoms with E-state index in [2.05, 4.69) is 5.10 Å². The summed E-state index contributed by atoms with van der Waals surface area (Å²) in [6.07, 6.45) is 5.01. The highest BCUT2D eigenvalue weighted by molar-refractivity contribution is 6.14. The first-order valence-corrected chi connectivity index (χ1v) is 8.06. The van der Waals surface area contributed by atoms with E-state index >= 15 is 0 Å². The first kappa shape index (κ1) is 17.2. The van der Waals surface area contributed by atoms with Crippen molar-refractivity contribution in [3.63, 3.8) is 0 Å². The van der Waals surface area contributed by atoms with Crippen molar-refractivity contribution in [2.24, 2.45) is 0 Å². The summed E-state index contributed by atoms with van der Waals surface area (Å²) in [6.45, 7) is 0.628. The number of allylic oxidation sites excluding steroid dienone is 1. The number of hydrogen-bond donors (Lipinski definition) is 0. The van der Waals surface area contributed by atoms with Crippen LogP contribution in [-0.4, -0.2) is 22.7 Å². The second-order valence-electron chi connectivity index (χ2n) is 5.68. The van der Waals surface area contributed by atoms with E-state index in [0.717, 1.165) is 5.56 Å². The molecule has 2 aromatic carbocycles. The number of rotatable bonds is 6. The van der Waals surface area contributed by atoms with Crippen LogP contribution in [0, 0.1) is 11.3 Å². The van der Waals surface area contributed by atoms with Gasteiger partial charge < -0.3 is 4.74 Å². The van der Waals surface area contributed by atoms with Crippen LogP contribution in [0.15, 0.2) is 72.6 Å². The monoisotopic (exact) mass is 343 g/mol. The van der Waals surface area contributed by atoms with Gasteiger partial charge in [-0.1, -0.05) is 30.3 Å². The quantitative estimate of drug-likeness (QED) is 0.388. The van der Waals surface area contributed by atoms with E-state index in [9.17, 15) is 10.1 Å². The van der Waals surface area contributed by atoms with Gasteiger partial charge in [-0.15, -0.1) is 0 Å². The molecule has 0 unspecified atom stereocenters. The standard InChI is InChI=1S/C21H17N3O2/c1-26-20-9-7-18(8-10-20)21(25)19(12-22)11-17-13-23-24(15-17)14-16-5-3-2-4-6-16/h2-11,13,15H,14H2,1H3/b19-11+. The molecular formula is C21H17N3O2. The molecule has 0 aliphatic rings. The molecule has 5 nitrogen and oxygen atoms in total. The average Bonchev–Trinajstić information content (AvgIpc) is 3.13. The summed E-state index contributed by atoms with van der Waals surface area (Å²) in [6, 6.07) is 18.6. The lowest BCUT2D eigenvalue weighted by Gasteiger charge is -2.02. The maximum absolute atomic E-state index is 12.5. The molecule has 3 aromatic rings. The van der Waals surface area contributed by atoms with Crippen molar-refractivity contribution >= 4 is 11.9 Å². The van der Waals surface area contributed by atoms with Crippen molar-refractivity contribution < 1.29 is 9.53 Å². The molecule has 1 heterocycles. The van der Waals surface area contributed by atoms with Gasteiger partial charge in [0.05, 0.1) is 19.9 Å². The van der Waals surface area contributed by atoms with E-state index in [4.69, 9.17) is 4.74 Å². The summed E-state index contributed by atoms with van der Waals surface area (Å²) in [5.74, 6) is 0.331. The Morgan fingerprint density at radius 2 is 1.92 bits per heavy atom. The molecular weight excluding hydrogens is 326 g/mol. The first-order valence-electron chi connectivity index (χ1n) is 8.06. The van der Waals surface area contributed by atoms with Crippen LogP contribution in [0.3, 0.4) is 0 Å². The van der Waals surface area contributed by atoms with Gasteiger partial charge in [0.25, 0.3) is 0 Å². The van der Waals surface area contributed by atoms with Crippen molar-refractivity contribution in [3.8, 4) is 11.8 Å². The van der Waals surface area contributed by atoms with E-state index < -0.39 is 0 Å². The Labute approximate surface area is 151 Å². The SMILES string of the molecule is COc1ccc(C(=O)/C(C#N)=C/c2cnn(Cc3ccccc3)c2)cc1. The lowest BCUT2D eigenvalue weighted by molar-refractivity contribution is 0.104. The van der Waals surface area contributed by atoms with Crippen molar-refractivity contribution in [2.45, 2.75) is 6.54 Å². The van der Waals surface area contributed by atoms with Gasteiger partial charge in [0.2, 0.25) is 5.78 Å². The minimum absolute atomic E-state index is 0.0643. The zero-order valence-corrected chi connectivity index (χ0v) is 14.3. The highest BCUT2D eigenvalue weighted by atomic mass is 16.5. The molecule has 0 spiro atoms. The summed E-state index contributed by atoms with van der Waals surface area (Å²) < 4.78 is 6.85. The summed E-state index contributed by atoms with van der Waals surface area (Å²) in [7, 11) is 1.56. The third-order valence-corrected chi connectivity index (χ3v) is 3.87. The molecule has 0 amide bonds. The minimum atomic E-state index is -0.328. The predicted molar refractivity (Wildman–Crippen MR) is 98.7 cm³/mol. The third kappa shape index (κ3) is 4.05. The van der Waals surface area contributed by atoms with Crippen molar-refractivity contribution in [1.29, 1.82) is 5.26 Å². The van der Waals surface area contributed by atoms with Crippen LogP contribution in [0.5, 0.6) is 5.75 Å². The number of nitriles is 1. The van der Waals surface area contributed by atoms with Gasteiger partial charge in [0.15, 0.2) is 0 Å². The van der Waals surface area contributed by atoms with Gasteiger partial charge >= 0.3 is 0 Å². The zero-order chi connectivity index (χ0) is 18.4. The Balaban J connectivity index is 1.78. The van der Waals surface area contributed by atoms with Crippen LogP contribution in [-0.2, 0) is 6.54 Å². The minimum Gasteiger partial charge on any atom is -0.497 e. The van der Waals surface area contributed by atoms with Crippen molar-refractivity contribution in [3.05, 3.63) is 89.3 Å². The number of nitrogens with zero attached hydrogens (tertiary/aromatic N) is 3. The third-order valence-electron chi connectivity index (χ3n) is 3.87. The van der Waals surface area contributed by atoms with E-state index in [0.29, 0.717) is 23.4 Å². The maximum Gasteiger partial charge on any atom is 0.203 e. The van der Waals surface area contributed by atoms with E-state index in [1.54, 1.807) is 48.3 Å². The summed E-state index contributed by atoms with van der Waals surface area (Å²) in [5, 5.41) is 13.7. The number of aromatic nitrogens is 2. The van der Waals surface area contributed by atoms with E-state index in [1.807, 2.05) is 42.6 Å². The number of benzene rings is 2. The van der Waals surface area contributed by atoms with Gasteiger partial charge in [-0.3, -0.25) is 9.48 Å². The van der Waals surface area contributed by atoms with Crippen LogP contribution >= 0.6 is 0 Å². The van der Waals surface area contributed by atoms with Gasteiger partial charge in [-0.25, -0.2) is 0 Å². The number of ketones is 1. The molecule has 0 saturated carbocycles. The number of carbonyl (C=O) groups excluding carboxylic acids is 1. The molecule has 0 atom stereocenters. The highest BCUT2D eigenvalue weighted by Crippen LogP contribution is 2.16. The molecule has 0 bridgehead atoms. The lowest BCUT2D eigenvalue weighted by Crippen LogP contribution is -2.02. The van der Waals surface area contributed by atoms with Gasteiger partial charge in [-0.2, -0.15) is 10.4 Å². The molecule has 0 fully saturated rings. The van der Waals surface area contributed by atoms with Gasteiger partial charge in [0, 0.05) is 17.3 Å². The number of carbonyl (C=O) groups is 1. The smallest absolute Gasteiger partial charge is 0.203 e. The number of ether oxygens (including phenoxy) is 1. The van der Waals surface area contributed by atoms with Crippen LogP contribution in [0.2, 0.25) is 0 Å². The van der Waals surface area contributed by atoms with Crippen LogP contribution in [0.1, 0.15) is 21.5 Å². The zero-order valence-electron chi connectivity index (χ0n) is 14.3. The molecule has 0 aliphatic carbocycles. The molecule has 0 radical (unpaired) electrons. The summed E-state index contributed by atoms with van der Waals surface area (Å²) >= 11 is 0. The molecule has 0 aliphatic heterocycles. The topological polar surface area (TPSA) is 67.9 Å². The van der Waals surface area contributed by atoms with Gasteiger partial charge in [0.1, 0.15) is 17.4 Å². The van der Waals surface area contributed by atoms with E-state index in [-0.39, 0.29) is 11.4 Å².